The van der Waals surface area contributed by atoms with Crippen molar-refractivity contribution in [3.8, 4) is 0 Å². The summed E-state index contributed by atoms with van der Waals surface area (Å²) in [5, 5.41) is 11.1. The molecule has 1 aromatic carbocycles. The molecule has 1 saturated heterocycles. The van der Waals surface area contributed by atoms with Crippen molar-refractivity contribution in [2.75, 3.05) is 7.05 Å². The van der Waals surface area contributed by atoms with Gasteiger partial charge in [0.05, 0.1) is 0 Å². The minimum atomic E-state index is -0.254. The molecule has 1 N–H and O–H groups in total. The fraction of sp³-hybridized carbons (Fsp3) is 0.704. The van der Waals surface area contributed by atoms with Crippen molar-refractivity contribution in [3.05, 3.63) is 23.8 Å². The highest BCUT2D eigenvalue weighted by molar-refractivity contribution is 5.77. The van der Waals surface area contributed by atoms with Crippen LogP contribution in [0.25, 0.3) is 11.0 Å². The Morgan fingerprint density at radius 3 is 2.68 bits per heavy atom. The van der Waals surface area contributed by atoms with Gasteiger partial charge in [0.15, 0.2) is 0 Å². The predicted octanol–water partition coefficient (Wildman–Crippen LogP) is 4.65. The highest BCUT2D eigenvalue weighted by Crippen LogP contribution is 2.67. The van der Waals surface area contributed by atoms with E-state index in [1.165, 1.54) is 19.3 Å². The Morgan fingerprint density at radius 2 is 1.85 bits per heavy atom. The lowest BCUT2D eigenvalue weighted by atomic mass is 9.46. The van der Waals surface area contributed by atoms with Gasteiger partial charge in [-0.05, 0) is 91.2 Å². The molecular formula is C27H36N4O3. The van der Waals surface area contributed by atoms with Crippen LogP contribution in [-0.4, -0.2) is 45.8 Å². The van der Waals surface area contributed by atoms with Crippen LogP contribution < -0.4 is 0 Å². The molecule has 0 spiro atoms. The fourth-order valence-electron chi connectivity index (χ4n) is 9.19. The minimum Gasteiger partial charge on any atom is -0.459 e. The molecular weight excluding hydrogens is 428 g/mol. The number of fused-ring (bicyclic) bond motifs is 6. The van der Waals surface area contributed by atoms with Crippen LogP contribution in [-0.2, 0) is 14.3 Å². The number of rotatable bonds is 4. The van der Waals surface area contributed by atoms with Gasteiger partial charge in [0, 0.05) is 25.4 Å². The van der Waals surface area contributed by atoms with Gasteiger partial charge < -0.3 is 9.64 Å². The van der Waals surface area contributed by atoms with Crippen molar-refractivity contribution in [2.45, 2.75) is 77.4 Å². The second-order valence-electron chi connectivity index (χ2n) is 11.9. The molecule has 3 aliphatic carbocycles. The summed E-state index contributed by atoms with van der Waals surface area (Å²) in [7, 11) is 2.02. The van der Waals surface area contributed by atoms with Crippen LogP contribution in [0.3, 0.4) is 0 Å². The standard InChI is InChI=1S/C27H36N4O3/c1-26-12-10-19-17(5-9-23-27(19,2)13-11-24(33)31(23)3)18(26)6-7-20(26)25(34-15-32)16-4-8-21-22(14-16)29-30-28-21/h4,8,14-15,17-20,23,25H,5-7,9-13H2,1-3H3,(H,28,29,30)/t17-,18-,19+,20?,23?,25?,26-,27+/m0/s1. The van der Waals surface area contributed by atoms with E-state index in [2.05, 4.69) is 34.2 Å². The van der Waals surface area contributed by atoms with E-state index < -0.39 is 0 Å². The van der Waals surface area contributed by atoms with Crippen LogP contribution in [0.15, 0.2) is 18.2 Å². The van der Waals surface area contributed by atoms with Gasteiger partial charge in [0.1, 0.15) is 17.1 Å². The van der Waals surface area contributed by atoms with E-state index in [1.54, 1.807) is 0 Å². The van der Waals surface area contributed by atoms with Crippen molar-refractivity contribution < 1.29 is 14.3 Å². The van der Waals surface area contributed by atoms with Crippen LogP contribution in [0, 0.1) is 34.5 Å². The molecule has 3 unspecified atom stereocenters. The van der Waals surface area contributed by atoms with Gasteiger partial charge in [-0.2, -0.15) is 15.4 Å². The van der Waals surface area contributed by atoms with Gasteiger partial charge in [0.25, 0.3) is 6.47 Å². The number of hydrogen-bond donors (Lipinski definition) is 1. The first kappa shape index (κ1) is 22.1. The monoisotopic (exact) mass is 464 g/mol. The highest BCUT2D eigenvalue weighted by atomic mass is 16.5. The molecule has 7 heteroatoms. The van der Waals surface area contributed by atoms with Crippen molar-refractivity contribution in [1.29, 1.82) is 0 Å². The molecule has 4 fully saturated rings. The van der Waals surface area contributed by atoms with Crippen LogP contribution in [0.2, 0.25) is 0 Å². The van der Waals surface area contributed by atoms with Gasteiger partial charge in [-0.15, -0.1) is 0 Å². The smallest absolute Gasteiger partial charge is 0.293 e. The third-order valence-corrected chi connectivity index (χ3v) is 10.9. The van der Waals surface area contributed by atoms with E-state index in [1.807, 2.05) is 25.2 Å². The van der Waals surface area contributed by atoms with Gasteiger partial charge in [-0.25, -0.2) is 0 Å². The summed E-state index contributed by atoms with van der Waals surface area (Å²) in [6.07, 6.45) is 8.44. The molecule has 3 saturated carbocycles. The molecule has 34 heavy (non-hydrogen) atoms. The third kappa shape index (κ3) is 3.01. The van der Waals surface area contributed by atoms with E-state index in [4.69, 9.17) is 4.74 Å². The number of nitrogens with one attached hydrogen (secondary N) is 1. The number of aromatic nitrogens is 3. The molecule has 2 heterocycles. The summed E-state index contributed by atoms with van der Waals surface area (Å²) in [5.41, 5.74) is 3.02. The highest BCUT2D eigenvalue weighted by Gasteiger charge is 2.62. The van der Waals surface area contributed by atoms with E-state index >= 15 is 0 Å². The number of likely N-dealkylation sites (tertiary alicyclic amines) is 1. The van der Waals surface area contributed by atoms with E-state index in [-0.39, 0.29) is 16.9 Å². The van der Waals surface area contributed by atoms with Crippen LogP contribution in [0.1, 0.15) is 76.9 Å². The first-order valence-electron chi connectivity index (χ1n) is 13.0. The SMILES string of the molecule is CN1C(=O)CC[C@@]2(C)C1CC[C@@H]1[C@H]2CC[C@]2(C)C(C(OC=O)c3ccc4n[nH]nc4c3)CC[C@@H]12. The first-order valence-corrected chi connectivity index (χ1v) is 13.0. The molecule has 1 aromatic heterocycles. The van der Waals surface area contributed by atoms with Crippen molar-refractivity contribution in [1.82, 2.24) is 20.3 Å². The topological polar surface area (TPSA) is 88.2 Å². The van der Waals surface area contributed by atoms with E-state index in [0.717, 1.165) is 42.3 Å². The average Bonchev–Trinajstić information content (AvgIpc) is 3.43. The average molecular weight is 465 g/mol. The van der Waals surface area contributed by atoms with Gasteiger partial charge >= 0.3 is 0 Å². The number of ether oxygens (including phenoxy) is 1. The maximum absolute atomic E-state index is 12.4. The first-order chi connectivity index (χ1) is 16.4. The largest absolute Gasteiger partial charge is 0.459 e. The Kier molecular flexibility index (Phi) is 5.05. The zero-order chi connectivity index (χ0) is 23.7. The van der Waals surface area contributed by atoms with Crippen LogP contribution >= 0.6 is 0 Å². The molecule has 2 aromatic rings. The Bertz CT molecular complexity index is 1120. The molecule has 7 nitrogen and oxygen atoms in total. The number of carbonyl (C=O) groups excluding carboxylic acids is 2. The summed E-state index contributed by atoms with van der Waals surface area (Å²) in [6.45, 7) is 5.56. The second kappa shape index (κ2) is 7.79. The van der Waals surface area contributed by atoms with Crippen molar-refractivity contribution in [3.63, 3.8) is 0 Å². The second-order valence-corrected chi connectivity index (χ2v) is 11.9. The summed E-state index contributed by atoms with van der Waals surface area (Å²) in [5.74, 6) is 2.64. The van der Waals surface area contributed by atoms with Crippen LogP contribution in [0.5, 0.6) is 0 Å². The molecule has 4 aliphatic rings. The normalized spacial score (nSPS) is 40.4. The minimum absolute atomic E-state index is 0.146. The zero-order valence-electron chi connectivity index (χ0n) is 20.5. The molecule has 6 rings (SSSR count). The third-order valence-electron chi connectivity index (χ3n) is 10.9. The molecule has 182 valence electrons. The lowest BCUT2D eigenvalue weighted by Crippen LogP contribution is -2.61. The van der Waals surface area contributed by atoms with Crippen molar-refractivity contribution >= 4 is 23.4 Å². The Morgan fingerprint density at radius 1 is 1.06 bits per heavy atom. The molecule has 8 atom stereocenters. The summed E-state index contributed by atoms with van der Waals surface area (Å²) >= 11 is 0. The maximum Gasteiger partial charge on any atom is 0.293 e. The predicted molar refractivity (Wildman–Crippen MR) is 127 cm³/mol. The van der Waals surface area contributed by atoms with Crippen LogP contribution in [0.4, 0.5) is 0 Å². The Balaban J connectivity index is 1.30. The summed E-state index contributed by atoms with van der Waals surface area (Å²) in [6, 6.07) is 6.42. The number of carbonyl (C=O) groups is 2. The number of benzene rings is 1. The maximum atomic E-state index is 12.4. The number of H-pyrrole nitrogens is 1. The number of hydrogen-bond acceptors (Lipinski definition) is 5. The quantitative estimate of drug-likeness (QED) is 0.666. The Hall–Kier alpha value is -2.44. The van der Waals surface area contributed by atoms with Crippen molar-refractivity contribution in [2.24, 2.45) is 34.5 Å². The number of piperidine rings is 1. The Labute approximate surface area is 201 Å². The number of aromatic amines is 1. The molecule has 0 bridgehead atoms. The molecule has 1 aliphatic heterocycles. The fourth-order valence-corrected chi connectivity index (χ4v) is 9.19. The molecule has 0 radical (unpaired) electrons. The zero-order valence-corrected chi connectivity index (χ0v) is 20.5. The van der Waals surface area contributed by atoms with E-state index in [0.29, 0.717) is 48.5 Å². The number of amides is 1. The lowest BCUT2D eigenvalue weighted by molar-refractivity contribution is -0.162. The van der Waals surface area contributed by atoms with Gasteiger partial charge in [-0.1, -0.05) is 19.9 Å². The van der Waals surface area contributed by atoms with Gasteiger partial charge in [-0.3, -0.25) is 9.59 Å². The summed E-state index contributed by atoms with van der Waals surface area (Å²) < 4.78 is 5.84. The number of nitrogens with zero attached hydrogens (tertiary/aromatic N) is 3. The lowest BCUT2D eigenvalue weighted by Gasteiger charge is -2.62. The van der Waals surface area contributed by atoms with Gasteiger partial charge in [0.2, 0.25) is 5.91 Å². The summed E-state index contributed by atoms with van der Waals surface area (Å²) in [4.78, 5) is 26.1. The van der Waals surface area contributed by atoms with E-state index in [9.17, 15) is 9.59 Å². The molecule has 1 amide bonds.